The molecule has 0 aliphatic carbocycles. The van der Waals surface area contributed by atoms with Crippen LogP contribution in [0, 0.1) is 0 Å². The largest absolute Gasteiger partial charge is 0.493 e. The third-order valence-electron chi connectivity index (χ3n) is 3.30. The van der Waals surface area contributed by atoms with Crippen LogP contribution in [-0.2, 0) is 6.42 Å². The summed E-state index contributed by atoms with van der Waals surface area (Å²) in [5.74, 6) is 1.08. The first kappa shape index (κ1) is 17.1. The number of benzene rings is 2. The molecule has 23 heavy (non-hydrogen) atoms. The second kappa shape index (κ2) is 8.39. The van der Waals surface area contributed by atoms with Gasteiger partial charge in [0.1, 0.15) is 6.61 Å². The molecule has 0 saturated carbocycles. The van der Waals surface area contributed by atoms with Crippen molar-refractivity contribution in [2.75, 3.05) is 13.7 Å². The molecule has 0 saturated heterocycles. The minimum atomic E-state index is 0.368. The fourth-order valence-electron chi connectivity index (χ4n) is 2.06. The lowest BCUT2D eigenvalue weighted by Crippen LogP contribution is -1.98. The molecule has 2 aromatic rings. The minimum absolute atomic E-state index is 0.368. The monoisotopic (exact) mass is 329 g/mol. The summed E-state index contributed by atoms with van der Waals surface area (Å²) in [5, 5.41) is 0.481. The standard InChI is InChI=1S/C19H20ClNO2/c1-4-10-23-19-17(20)11-15(12-18(19)22-3)13-21-16-8-6-14(5-2)7-9-16/h4,6-9,11-13H,1,5,10H2,2-3H3. The van der Waals surface area contributed by atoms with Gasteiger partial charge in [0.15, 0.2) is 11.5 Å². The predicted octanol–water partition coefficient (Wildman–Crippen LogP) is 5.23. The highest BCUT2D eigenvalue weighted by molar-refractivity contribution is 6.32. The van der Waals surface area contributed by atoms with Crippen LogP contribution in [0.15, 0.2) is 54.0 Å². The molecule has 0 aromatic heterocycles. The lowest BCUT2D eigenvalue weighted by atomic mass is 10.1. The van der Waals surface area contributed by atoms with Gasteiger partial charge in [-0.3, -0.25) is 4.99 Å². The van der Waals surface area contributed by atoms with Crippen molar-refractivity contribution in [1.29, 1.82) is 0 Å². The predicted molar refractivity (Wildman–Crippen MR) is 96.8 cm³/mol. The zero-order valence-electron chi connectivity index (χ0n) is 13.4. The molecule has 0 radical (unpaired) electrons. The Kier molecular flexibility index (Phi) is 6.24. The van der Waals surface area contributed by atoms with E-state index in [1.807, 2.05) is 18.2 Å². The smallest absolute Gasteiger partial charge is 0.180 e. The van der Waals surface area contributed by atoms with E-state index in [1.54, 1.807) is 25.5 Å². The fourth-order valence-corrected chi connectivity index (χ4v) is 2.34. The molecular formula is C19H20ClNO2. The Morgan fingerprint density at radius 1 is 1.22 bits per heavy atom. The van der Waals surface area contributed by atoms with E-state index in [0.717, 1.165) is 17.7 Å². The molecule has 120 valence electrons. The van der Waals surface area contributed by atoms with Crippen LogP contribution in [-0.4, -0.2) is 19.9 Å². The zero-order valence-corrected chi connectivity index (χ0v) is 14.1. The summed E-state index contributed by atoms with van der Waals surface area (Å²) in [4.78, 5) is 4.46. The van der Waals surface area contributed by atoms with E-state index in [1.165, 1.54) is 5.56 Å². The molecule has 0 atom stereocenters. The number of rotatable bonds is 7. The average molecular weight is 330 g/mol. The maximum Gasteiger partial charge on any atom is 0.180 e. The van der Waals surface area contributed by atoms with Crippen molar-refractivity contribution in [2.45, 2.75) is 13.3 Å². The average Bonchev–Trinajstić information content (AvgIpc) is 2.59. The van der Waals surface area contributed by atoms with Gasteiger partial charge < -0.3 is 9.47 Å². The Morgan fingerprint density at radius 3 is 2.57 bits per heavy atom. The van der Waals surface area contributed by atoms with E-state index >= 15 is 0 Å². The topological polar surface area (TPSA) is 30.8 Å². The minimum Gasteiger partial charge on any atom is -0.493 e. The van der Waals surface area contributed by atoms with Gasteiger partial charge in [-0.2, -0.15) is 0 Å². The van der Waals surface area contributed by atoms with E-state index in [-0.39, 0.29) is 0 Å². The maximum atomic E-state index is 6.27. The van der Waals surface area contributed by atoms with E-state index in [4.69, 9.17) is 21.1 Å². The number of nitrogens with zero attached hydrogens (tertiary/aromatic N) is 1. The van der Waals surface area contributed by atoms with Crippen LogP contribution >= 0.6 is 11.6 Å². The highest BCUT2D eigenvalue weighted by Crippen LogP contribution is 2.36. The van der Waals surface area contributed by atoms with Crippen molar-refractivity contribution >= 4 is 23.5 Å². The molecule has 2 aromatic carbocycles. The zero-order chi connectivity index (χ0) is 16.7. The second-order valence-corrected chi connectivity index (χ2v) is 5.32. The summed E-state index contributed by atoms with van der Waals surface area (Å²) in [6.45, 7) is 6.12. The number of aliphatic imine (C=N–C) groups is 1. The molecule has 0 bridgehead atoms. The lowest BCUT2D eigenvalue weighted by molar-refractivity contribution is 0.326. The SMILES string of the molecule is C=CCOc1c(Cl)cc(C=Nc2ccc(CC)cc2)cc1OC. The molecule has 0 aliphatic heterocycles. The third-order valence-corrected chi connectivity index (χ3v) is 3.59. The number of methoxy groups -OCH3 is 1. The van der Waals surface area contributed by atoms with Crippen molar-refractivity contribution < 1.29 is 9.47 Å². The van der Waals surface area contributed by atoms with Crippen LogP contribution in [0.1, 0.15) is 18.1 Å². The van der Waals surface area contributed by atoms with Gasteiger partial charge in [0.2, 0.25) is 0 Å². The first-order valence-electron chi connectivity index (χ1n) is 7.42. The van der Waals surface area contributed by atoms with Gasteiger partial charge in [0, 0.05) is 6.21 Å². The summed E-state index contributed by atoms with van der Waals surface area (Å²) < 4.78 is 10.9. The van der Waals surface area contributed by atoms with Crippen LogP contribution in [0.3, 0.4) is 0 Å². The van der Waals surface area contributed by atoms with Crippen molar-refractivity contribution in [3.63, 3.8) is 0 Å². The summed E-state index contributed by atoms with van der Waals surface area (Å²) in [6.07, 6.45) is 4.43. The van der Waals surface area contributed by atoms with E-state index in [2.05, 4.69) is 30.6 Å². The molecule has 2 rings (SSSR count). The molecule has 0 heterocycles. The van der Waals surface area contributed by atoms with E-state index < -0.39 is 0 Å². The molecular weight excluding hydrogens is 310 g/mol. The fraction of sp³-hybridized carbons (Fsp3) is 0.211. The number of aryl methyl sites for hydroxylation is 1. The summed E-state index contributed by atoms with van der Waals surface area (Å²) in [6, 6.07) is 11.8. The van der Waals surface area contributed by atoms with Crippen LogP contribution in [0.4, 0.5) is 5.69 Å². The number of hydrogen-bond donors (Lipinski definition) is 0. The van der Waals surface area contributed by atoms with Crippen LogP contribution in [0.2, 0.25) is 5.02 Å². The Labute approximate surface area is 142 Å². The number of ether oxygens (including phenoxy) is 2. The molecule has 0 aliphatic rings. The molecule has 0 amide bonds. The van der Waals surface area contributed by atoms with Gasteiger partial charge in [-0.05, 0) is 41.8 Å². The first-order chi connectivity index (χ1) is 11.2. The lowest BCUT2D eigenvalue weighted by Gasteiger charge is -2.11. The number of hydrogen-bond acceptors (Lipinski definition) is 3. The van der Waals surface area contributed by atoms with Crippen molar-refractivity contribution in [3.05, 3.63) is 65.2 Å². The Balaban J connectivity index is 2.23. The van der Waals surface area contributed by atoms with E-state index in [0.29, 0.717) is 23.1 Å². The highest BCUT2D eigenvalue weighted by Gasteiger charge is 2.10. The Bertz CT molecular complexity index is 693. The molecule has 0 unspecified atom stereocenters. The molecule has 0 fully saturated rings. The maximum absolute atomic E-state index is 6.27. The molecule has 0 spiro atoms. The van der Waals surface area contributed by atoms with Crippen LogP contribution in [0.5, 0.6) is 11.5 Å². The van der Waals surface area contributed by atoms with Crippen LogP contribution < -0.4 is 9.47 Å². The van der Waals surface area contributed by atoms with Gasteiger partial charge in [0.05, 0.1) is 17.8 Å². The summed E-state index contributed by atoms with van der Waals surface area (Å²) in [5.41, 5.74) is 3.03. The quantitative estimate of drug-likeness (QED) is 0.514. The van der Waals surface area contributed by atoms with Gasteiger partial charge >= 0.3 is 0 Å². The summed E-state index contributed by atoms with van der Waals surface area (Å²) in [7, 11) is 1.58. The second-order valence-electron chi connectivity index (χ2n) is 4.91. The van der Waals surface area contributed by atoms with Gasteiger partial charge in [-0.25, -0.2) is 0 Å². The van der Waals surface area contributed by atoms with Crippen LogP contribution in [0.25, 0.3) is 0 Å². The highest BCUT2D eigenvalue weighted by atomic mass is 35.5. The first-order valence-corrected chi connectivity index (χ1v) is 7.80. The summed E-state index contributed by atoms with van der Waals surface area (Å²) >= 11 is 6.27. The van der Waals surface area contributed by atoms with Gasteiger partial charge in [-0.1, -0.05) is 43.3 Å². The molecule has 3 nitrogen and oxygen atoms in total. The van der Waals surface area contributed by atoms with Crippen molar-refractivity contribution in [2.24, 2.45) is 4.99 Å². The van der Waals surface area contributed by atoms with E-state index in [9.17, 15) is 0 Å². The normalized spacial score (nSPS) is 10.7. The Hall–Kier alpha value is -2.26. The third kappa shape index (κ3) is 4.60. The molecule has 4 heteroatoms. The van der Waals surface area contributed by atoms with Crippen molar-refractivity contribution in [3.8, 4) is 11.5 Å². The molecule has 0 N–H and O–H groups in total. The van der Waals surface area contributed by atoms with Gasteiger partial charge in [-0.15, -0.1) is 0 Å². The Morgan fingerprint density at radius 2 is 1.96 bits per heavy atom. The number of halogens is 1. The van der Waals surface area contributed by atoms with Gasteiger partial charge in [0.25, 0.3) is 0 Å². The van der Waals surface area contributed by atoms with Crippen molar-refractivity contribution in [1.82, 2.24) is 0 Å².